The highest BCUT2D eigenvalue weighted by Crippen LogP contribution is 2.32. The largest absolute Gasteiger partial charge is 0.477 e. The van der Waals surface area contributed by atoms with E-state index < -0.39 is 5.97 Å². The Morgan fingerprint density at radius 1 is 1.30 bits per heavy atom. The van der Waals surface area contributed by atoms with Gasteiger partial charge in [-0.2, -0.15) is 0 Å². The van der Waals surface area contributed by atoms with Crippen LogP contribution in [0, 0.1) is 5.92 Å². The lowest BCUT2D eigenvalue weighted by Crippen LogP contribution is -2.33. The standard InChI is InChI=1S/C16H21NO2S/c1-10(2)11(3)17(4)9-13-12-7-5-6-8-14(12)20-15(13)16(18)19/h5-8,10-11H,9H2,1-4H3,(H,18,19). The van der Waals surface area contributed by atoms with Gasteiger partial charge in [-0.1, -0.05) is 32.0 Å². The van der Waals surface area contributed by atoms with Crippen molar-refractivity contribution in [2.45, 2.75) is 33.4 Å². The molecule has 1 unspecified atom stereocenters. The number of fused-ring (bicyclic) bond motifs is 1. The monoisotopic (exact) mass is 291 g/mol. The van der Waals surface area contributed by atoms with Crippen LogP contribution in [0.5, 0.6) is 0 Å². The van der Waals surface area contributed by atoms with Gasteiger partial charge in [0.25, 0.3) is 0 Å². The summed E-state index contributed by atoms with van der Waals surface area (Å²) in [5, 5.41) is 10.5. The van der Waals surface area contributed by atoms with Crippen LogP contribution in [0.1, 0.15) is 36.0 Å². The first-order valence-electron chi connectivity index (χ1n) is 6.85. The molecular weight excluding hydrogens is 270 g/mol. The molecular formula is C16H21NO2S. The van der Waals surface area contributed by atoms with Crippen LogP contribution in [-0.4, -0.2) is 29.1 Å². The molecule has 0 aliphatic heterocycles. The Hall–Kier alpha value is -1.39. The number of carboxylic acids is 1. The average Bonchev–Trinajstić information content (AvgIpc) is 2.77. The predicted molar refractivity (Wildman–Crippen MR) is 84.6 cm³/mol. The summed E-state index contributed by atoms with van der Waals surface area (Å²) >= 11 is 1.37. The van der Waals surface area contributed by atoms with E-state index in [-0.39, 0.29) is 0 Å². The zero-order valence-electron chi connectivity index (χ0n) is 12.4. The second-order valence-electron chi connectivity index (χ2n) is 5.61. The predicted octanol–water partition coefficient (Wildman–Crippen LogP) is 4.08. The molecule has 1 heterocycles. The number of carbonyl (C=O) groups is 1. The molecule has 0 aliphatic carbocycles. The summed E-state index contributed by atoms with van der Waals surface area (Å²) in [4.78, 5) is 14.2. The summed E-state index contributed by atoms with van der Waals surface area (Å²) in [5.41, 5.74) is 0.938. The van der Waals surface area contributed by atoms with Gasteiger partial charge < -0.3 is 5.11 Å². The minimum atomic E-state index is -0.827. The van der Waals surface area contributed by atoms with Crippen LogP contribution in [0.2, 0.25) is 0 Å². The third kappa shape index (κ3) is 2.86. The van der Waals surface area contributed by atoms with E-state index >= 15 is 0 Å². The van der Waals surface area contributed by atoms with Gasteiger partial charge in [0.1, 0.15) is 4.88 Å². The van der Waals surface area contributed by atoms with Gasteiger partial charge in [0.05, 0.1) is 0 Å². The molecule has 0 bridgehead atoms. The Bertz CT molecular complexity index is 618. The number of aromatic carboxylic acids is 1. The highest BCUT2D eigenvalue weighted by Gasteiger charge is 2.21. The Kier molecular flexibility index (Phi) is 4.45. The third-order valence-electron chi connectivity index (χ3n) is 3.96. The molecule has 2 aromatic rings. The Morgan fingerprint density at radius 3 is 2.55 bits per heavy atom. The van der Waals surface area contributed by atoms with Crippen molar-refractivity contribution >= 4 is 27.4 Å². The van der Waals surface area contributed by atoms with Gasteiger partial charge in [0.15, 0.2) is 0 Å². The fourth-order valence-electron chi connectivity index (χ4n) is 2.33. The van der Waals surface area contributed by atoms with Gasteiger partial charge >= 0.3 is 5.97 Å². The van der Waals surface area contributed by atoms with Crippen molar-refractivity contribution in [2.24, 2.45) is 5.92 Å². The molecule has 20 heavy (non-hydrogen) atoms. The number of nitrogens with zero attached hydrogens (tertiary/aromatic N) is 1. The smallest absolute Gasteiger partial charge is 0.346 e. The molecule has 0 amide bonds. The van der Waals surface area contributed by atoms with Crippen molar-refractivity contribution in [3.8, 4) is 0 Å². The van der Waals surface area contributed by atoms with E-state index in [9.17, 15) is 9.90 Å². The minimum Gasteiger partial charge on any atom is -0.477 e. The van der Waals surface area contributed by atoms with Crippen molar-refractivity contribution in [3.63, 3.8) is 0 Å². The minimum absolute atomic E-state index is 0.412. The molecule has 4 heteroatoms. The quantitative estimate of drug-likeness (QED) is 0.902. The number of hydrogen-bond donors (Lipinski definition) is 1. The fourth-order valence-corrected chi connectivity index (χ4v) is 3.38. The molecule has 1 atom stereocenters. The van der Waals surface area contributed by atoms with Crippen LogP contribution in [-0.2, 0) is 6.54 Å². The topological polar surface area (TPSA) is 40.5 Å². The molecule has 0 aliphatic rings. The maximum Gasteiger partial charge on any atom is 0.346 e. The van der Waals surface area contributed by atoms with Crippen LogP contribution >= 0.6 is 11.3 Å². The van der Waals surface area contributed by atoms with E-state index in [1.54, 1.807) is 0 Å². The lowest BCUT2D eigenvalue weighted by molar-refractivity contribution is 0.0699. The average molecular weight is 291 g/mol. The summed E-state index contributed by atoms with van der Waals surface area (Å²) in [6.07, 6.45) is 0. The van der Waals surface area contributed by atoms with Crippen molar-refractivity contribution in [1.29, 1.82) is 0 Å². The van der Waals surface area contributed by atoms with Crippen LogP contribution in [0.4, 0.5) is 0 Å². The fraction of sp³-hybridized carbons (Fsp3) is 0.438. The second kappa shape index (κ2) is 5.94. The Morgan fingerprint density at radius 2 is 1.95 bits per heavy atom. The van der Waals surface area contributed by atoms with Crippen molar-refractivity contribution < 1.29 is 9.90 Å². The van der Waals surface area contributed by atoms with Crippen molar-refractivity contribution in [2.75, 3.05) is 7.05 Å². The van der Waals surface area contributed by atoms with E-state index in [0.29, 0.717) is 23.4 Å². The van der Waals surface area contributed by atoms with Crippen molar-refractivity contribution in [1.82, 2.24) is 4.90 Å². The van der Waals surface area contributed by atoms with E-state index in [1.165, 1.54) is 11.3 Å². The summed E-state index contributed by atoms with van der Waals surface area (Å²) in [5.74, 6) is -0.287. The first-order valence-corrected chi connectivity index (χ1v) is 7.67. The van der Waals surface area contributed by atoms with Gasteiger partial charge in [-0.3, -0.25) is 4.90 Å². The van der Waals surface area contributed by atoms with Gasteiger partial charge in [-0.15, -0.1) is 11.3 Å². The zero-order valence-corrected chi connectivity index (χ0v) is 13.2. The Balaban J connectivity index is 2.42. The van der Waals surface area contributed by atoms with E-state index in [2.05, 4.69) is 32.7 Å². The molecule has 3 nitrogen and oxygen atoms in total. The van der Waals surface area contributed by atoms with Gasteiger partial charge in [0.2, 0.25) is 0 Å². The van der Waals surface area contributed by atoms with Crippen LogP contribution in [0.15, 0.2) is 24.3 Å². The van der Waals surface area contributed by atoms with Gasteiger partial charge in [-0.25, -0.2) is 4.79 Å². The molecule has 2 rings (SSSR count). The van der Waals surface area contributed by atoms with E-state index in [0.717, 1.165) is 15.6 Å². The summed E-state index contributed by atoms with van der Waals surface area (Å²) < 4.78 is 1.05. The second-order valence-corrected chi connectivity index (χ2v) is 6.66. The molecule has 0 radical (unpaired) electrons. The molecule has 1 aromatic heterocycles. The van der Waals surface area contributed by atoms with Crippen LogP contribution in [0.25, 0.3) is 10.1 Å². The van der Waals surface area contributed by atoms with Crippen LogP contribution < -0.4 is 0 Å². The molecule has 0 saturated carbocycles. The van der Waals surface area contributed by atoms with Gasteiger partial charge in [0, 0.05) is 17.3 Å². The summed E-state index contributed by atoms with van der Waals surface area (Å²) in [6.45, 7) is 7.22. The SMILES string of the molecule is CC(C)C(C)N(C)Cc1c(C(=O)O)sc2ccccc12. The number of benzene rings is 1. The highest BCUT2D eigenvalue weighted by molar-refractivity contribution is 7.21. The number of rotatable bonds is 5. The zero-order chi connectivity index (χ0) is 14.9. The van der Waals surface area contributed by atoms with Crippen molar-refractivity contribution in [3.05, 3.63) is 34.7 Å². The Labute approximate surface area is 123 Å². The molecule has 1 aromatic carbocycles. The highest BCUT2D eigenvalue weighted by atomic mass is 32.1. The summed E-state index contributed by atoms with van der Waals surface area (Å²) in [6, 6.07) is 8.34. The summed E-state index contributed by atoms with van der Waals surface area (Å²) in [7, 11) is 2.06. The lowest BCUT2D eigenvalue weighted by atomic mass is 10.0. The first kappa shape index (κ1) is 15.0. The maximum atomic E-state index is 11.5. The molecule has 0 fully saturated rings. The van der Waals surface area contributed by atoms with Crippen LogP contribution in [0.3, 0.4) is 0 Å². The third-order valence-corrected chi connectivity index (χ3v) is 5.16. The molecule has 0 saturated heterocycles. The normalized spacial score (nSPS) is 13.3. The lowest BCUT2D eigenvalue weighted by Gasteiger charge is -2.27. The first-order chi connectivity index (χ1) is 9.41. The van der Waals surface area contributed by atoms with E-state index in [1.807, 2.05) is 24.3 Å². The van der Waals surface area contributed by atoms with E-state index in [4.69, 9.17) is 0 Å². The molecule has 1 N–H and O–H groups in total. The number of carboxylic acid groups (broad SMARTS) is 1. The maximum absolute atomic E-state index is 11.5. The molecule has 0 spiro atoms. The number of hydrogen-bond acceptors (Lipinski definition) is 3. The number of thiophene rings is 1. The van der Waals surface area contributed by atoms with Gasteiger partial charge in [-0.05, 0) is 36.9 Å². The molecule has 108 valence electrons.